The van der Waals surface area contributed by atoms with E-state index in [9.17, 15) is 13.2 Å². The zero-order chi connectivity index (χ0) is 19.4. The van der Waals surface area contributed by atoms with Gasteiger partial charge in [-0.05, 0) is 74.5 Å². The molecule has 148 valence electrons. The fraction of sp³-hybridized carbons (Fsp3) is 0.632. The minimum atomic E-state index is -3.93. The van der Waals surface area contributed by atoms with E-state index in [1.165, 1.54) is 45.6 Å². The maximum Gasteiger partial charge on any atom is 0.266 e. The SMILES string of the molecule is CON(C)S(=O)(=O)c1cc(C(=O)NC23CC4CC(CC(C4)C2)C3)ccc1Cl. The molecule has 1 amide bonds. The molecular formula is C19H25ClN2O4S. The van der Waals surface area contributed by atoms with E-state index in [1.807, 2.05) is 0 Å². The lowest BCUT2D eigenvalue weighted by Gasteiger charge is -2.56. The molecule has 8 heteroatoms. The van der Waals surface area contributed by atoms with E-state index in [0.29, 0.717) is 23.3 Å². The number of hydrogen-bond donors (Lipinski definition) is 1. The Kier molecular flexibility index (Phi) is 4.78. The lowest BCUT2D eigenvalue weighted by atomic mass is 9.53. The Morgan fingerprint density at radius 3 is 2.26 bits per heavy atom. The summed E-state index contributed by atoms with van der Waals surface area (Å²) < 4.78 is 25.8. The summed E-state index contributed by atoms with van der Waals surface area (Å²) in [4.78, 5) is 17.6. The van der Waals surface area contributed by atoms with E-state index in [2.05, 4.69) is 5.32 Å². The third-order valence-corrected chi connectivity index (χ3v) is 8.65. The second-order valence-electron chi connectivity index (χ2n) is 8.39. The van der Waals surface area contributed by atoms with Crippen molar-refractivity contribution in [2.24, 2.45) is 17.8 Å². The molecule has 4 aliphatic carbocycles. The van der Waals surface area contributed by atoms with Crippen molar-refractivity contribution in [3.63, 3.8) is 0 Å². The van der Waals surface area contributed by atoms with Gasteiger partial charge in [-0.15, -0.1) is 0 Å². The van der Waals surface area contributed by atoms with Crippen molar-refractivity contribution in [3.8, 4) is 0 Å². The summed E-state index contributed by atoms with van der Waals surface area (Å²) in [7, 11) is -1.39. The van der Waals surface area contributed by atoms with Crippen LogP contribution in [-0.4, -0.2) is 38.5 Å². The molecule has 4 fully saturated rings. The van der Waals surface area contributed by atoms with E-state index in [1.54, 1.807) is 6.07 Å². The van der Waals surface area contributed by atoms with E-state index < -0.39 is 10.0 Å². The van der Waals surface area contributed by atoms with Crippen molar-refractivity contribution in [2.75, 3.05) is 14.2 Å². The van der Waals surface area contributed by atoms with Gasteiger partial charge in [0.05, 0.1) is 12.1 Å². The maximum atomic E-state index is 13.0. The van der Waals surface area contributed by atoms with Crippen LogP contribution in [0.5, 0.6) is 0 Å². The fourth-order valence-electron chi connectivity index (χ4n) is 5.66. The Hall–Kier alpha value is -1.15. The molecule has 1 aromatic rings. The number of hydroxylamine groups is 1. The Bertz CT molecular complexity index is 835. The van der Waals surface area contributed by atoms with Crippen LogP contribution in [0.4, 0.5) is 0 Å². The Balaban J connectivity index is 1.59. The van der Waals surface area contributed by atoms with Gasteiger partial charge in [-0.3, -0.25) is 9.63 Å². The summed E-state index contributed by atoms with van der Waals surface area (Å²) in [6.07, 6.45) is 6.99. The van der Waals surface area contributed by atoms with Crippen LogP contribution in [0.1, 0.15) is 48.9 Å². The number of nitrogens with zero attached hydrogens (tertiary/aromatic N) is 1. The van der Waals surface area contributed by atoms with Gasteiger partial charge in [0.25, 0.3) is 15.9 Å². The first-order valence-corrected chi connectivity index (χ1v) is 11.2. The molecule has 1 N–H and O–H groups in total. The zero-order valence-corrected chi connectivity index (χ0v) is 17.1. The number of nitrogens with one attached hydrogen (secondary N) is 1. The molecule has 4 aliphatic rings. The van der Waals surface area contributed by atoms with Crippen molar-refractivity contribution in [3.05, 3.63) is 28.8 Å². The van der Waals surface area contributed by atoms with Crippen LogP contribution in [0.3, 0.4) is 0 Å². The van der Waals surface area contributed by atoms with E-state index in [-0.39, 0.29) is 21.4 Å². The fourth-order valence-corrected chi connectivity index (χ4v) is 7.13. The molecule has 27 heavy (non-hydrogen) atoms. The molecule has 0 radical (unpaired) electrons. The third kappa shape index (κ3) is 3.39. The zero-order valence-electron chi connectivity index (χ0n) is 15.6. The van der Waals surface area contributed by atoms with Crippen LogP contribution in [0, 0.1) is 17.8 Å². The van der Waals surface area contributed by atoms with E-state index in [4.69, 9.17) is 16.4 Å². The summed E-state index contributed by atoms with van der Waals surface area (Å²) in [5.74, 6) is 1.92. The molecule has 0 spiro atoms. The molecule has 1 aromatic carbocycles. The van der Waals surface area contributed by atoms with Gasteiger partial charge in [0.2, 0.25) is 0 Å². The first-order valence-electron chi connectivity index (χ1n) is 9.37. The molecule has 0 aliphatic heterocycles. The molecule has 6 nitrogen and oxygen atoms in total. The van der Waals surface area contributed by atoms with Gasteiger partial charge in [-0.2, -0.15) is 0 Å². The minimum Gasteiger partial charge on any atom is -0.347 e. The number of benzene rings is 1. The van der Waals surface area contributed by atoms with E-state index >= 15 is 0 Å². The van der Waals surface area contributed by atoms with Crippen molar-refractivity contribution >= 4 is 27.5 Å². The average molecular weight is 413 g/mol. The number of carbonyl (C=O) groups is 1. The highest BCUT2D eigenvalue weighted by molar-refractivity contribution is 7.89. The van der Waals surface area contributed by atoms with Crippen LogP contribution < -0.4 is 5.32 Å². The van der Waals surface area contributed by atoms with Gasteiger partial charge in [0, 0.05) is 18.2 Å². The second-order valence-corrected chi connectivity index (χ2v) is 10.7. The van der Waals surface area contributed by atoms with Crippen LogP contribution >= 0.6 is 11.6 Å². The summed E-state index contributed by atoms with van der Waals surface area (Å²) in [6, 6.07) is 4.36. The lowest BCUT2D eigenvalue weighted by Crippen LogP contribution is -2.59. The largest absolute Gasteiger partial charge is 0.347 e. The van der Waals surface area contributed by atoms with Crippen molar-refractivity contribution in [1.29, 1.82) is 0 Å². The highest BCUT2D eigenvalue weighted by atomic mass is 35.5. The maximum absolute atomic E-state index is 13.0. The number of hydrogen-bond acceptors (Lipinski definition) is 4. The Morgan fingerprint density at radius 1 is 1.19 bits per heavy atom. The summed E-state index contributed by atoms with van der Waals surface area (Å²) in [5, 5.41) is 3.32. The van der Waals surface area contributed by atoms with Crippen LogP contribution in [0.25, 0.3) is 0 Å². The average Bonchev–Trinajstić information content (AvgIpc) is 2.59. The van der Waals surface area contributed by atoms with Gasteiger partial charge in [-0.1, -0.05) is 16.1 Å². The highest BCUT2D eigenvalue weighted by Crippen LogP contribution is 2.55. The molecule has 0 heterocycles. The molecule has 0 aromatic heterocycles. The number of carbonyl (C=O) groups excluding carboxylic acids is 1. The molecule has 5 rings (SSSR count). The standard InChI is InChI=1S/C19H25ClN2O4S/c1-22(26-2)27(24,25)17-8-15(3-4-16(17)20)18(23)21-19-9-12-5-13(10-19)7-14(6-12)11-19/h3-4,8,12-14H,5-7,9-11H2,1-2H3,(H,21,23). The molecule has 0 saturated heterocycles. The van der Waals surface area contributed by atoms with Gasteiger partial charge < -0.3 is 5.32 Å². The van der Waals surface area contributed by atoms with Crippen LogP contribution in [-0.2, 0) is 14.9 Å². The first kappa shape index (κ1) is 19.2. The number of amides is 1. The molecular weight excluding hydrogens is 388 g/mol. The highest BCUT2D eigenvalue weighted by Gasteiger charge is 2.51. The summed E-state index contributed by atoms with van der Waals surface area (Å²) in [6.45, 7) is 0. The van der Waals surface area contributed by atoms with Gasteiger partial charge in [0.15, 0.2) is 0 Å². The normalized spacial score (nSPS) is 32.1. The first-order chi connectivity index (χ1) is 12.7. The van der Waals surface area contributed by atoms with Gasteiger partial charge in [-0.25, -0.2) is 8.42 Å². The van der Waals surface area contributed by atoms with Crippen molar-refractivity contribution < 1.29 is 18.0 Å². The van der Waals surface area contributed by atoms with Crippen LogP contribution in [0.2, 0.25) is 5.02 Å². The summed E-state index contributed by atoms with van der Waals surface area (Å²) in [5.41, 5.74) is 0.173. The van der Waals surface area contributed by atoms with Crippen molar-refractivity contribution in [1.82, 2.24) is 9.79 Å². The van der Waals surface area contributed by atoms with Gasteiger partial charge in [0.1, 0.15) is 4.90 Å². The lowest BCUT2D eigenvalue weighted by molar-refractivity contribution is -0.0258. The van der Waals surface area contributed by atoms with Gasteiger partial charge >= 0.3 is 0 Å². The predicted octanol–water partition coefficient (Wildman–Crippen LogP) is 3.22. The topological polar surface area (TPSA) is 75.7 Å². The summed E-state index contributed by atoms with van der Waals surface area (Å²) >= 11 is 6.09. The number of rotatable bonds is 5. The Morgan fingerprint density at radius 2 is 1.74 bits per heavy atom. The number of sulfonamides is 1. The Labute approximate surface area is 165 Å². The van der Waals surface area contributed by atoms with Crippen molar-refractivity contribution in [2.45, 2.75) is 49.0 Å². The molecule has 4 bridgehead atoms. The molecule has 0 unspecified atom stereocenters. The monoisotopic (exact) mass is 412 g/mol. The third-order valence-electron chi connectivity index (χ3n) is 6.48. The number of halogens is 1. The smallest absolute Gasteiger partial charge is 0.266 e. The molecule has 0 atom stereocenters. The molecule has 4 saturated carbocycles. The predicted molar refractivity (Wildman–Crippen MR) is 102 cm³/mol. The van der Waals surface area contributed by atoms with E-state index in [0.717, 1.165) is 23.7 Å². The quantitative estimate of drug-likeness (QED) is 0.753. The second kappa shape index (κ2) is 6.72. The minimum absolute atomic E-state index is 0.0604. The van der Waals surface area contributed by atoms with Crippen LogP contribution in [0.15, 0.2) is 23.1 Å².